The molecule has 0 bridgehead atoms. The quantitative estimate of drug-likeness (QED) is 0.581. The van der Waals surface area contributed by atoms with Crippen LogP contribution < -0.4 is 22.0 Å². The van der Waals surface area contributed by atoms with E-state index in [0.717, 1.165) is 11.2 Å². The molecule has 2 aromatic carbocycles. The van der Waals surface area contributed by atoms with Crippen molar-refractivity contribution in [2.75, 3.05) is 0 Å². The number of aromatic nitrogens is 1. The average Bonchev–Trinajstić information content (AvgIpc) is 2.74. The van der Waals surface area contributed by atoms with Gasteiger partial charge >= 0.3 is 23.1 Å². The second-order valence-electron chi connectivity index (χ2n) is 3.57. The molecule has 0 atom stereocenters. The normalized spacial score (nSPS) is 9.41. The maximum Gasteiger partial charge on any atom is 2.00 e. The second-order valence-corrected chi connectivity index (χ2v) is 3.57. The van der Waals surface area contributed by atoms with Crippen molar-refractivity contribution in [1.82, 2.24) is 4.98 Å². The number of hydrogen-bond acceptors (Lipinski definition) is 0. The number of fused-ring (bicyclic) bond motifs is 1. The summed E-state index contributed by atoms with van der Waals surface area (Å²) in [6.45, 7) is 0. The maximum absolute atomic E-state index is 4.58. The van der Waals surface area contributed by atoms with E-state index in [9.17, 15) is 0 Å². The predicted octanol–water partition coefficient (Wildman–Crippen LogP) is 0.0872. The van der Waals surface area contributed by atoms with Crippen LogP contribution in [0.2, 0.25) is 0 Å². The van der Waals surface area contributed by atoms with Crippen molar-refractivity contribution in [2.45, 2.75) is 0 Å². The van der Waals surface area contributed by atoms with E-state index in [4.69, 9.17) is 0 Å². The maximum atomic E-state index is 4.58. The Kier molecular flexibility index (Phi) is 5.24. The molecule has 0 aliphatic rings. The first-order valence-corrected chi connectivity index (χ1v) is 5.01. The largest absolute Gasteiger partial charge is 2.00 e. The molecule has 0 N–H and O–H groups in total. The minimum atomic E-state index is 0. The van der Waals surface area contributed by atoms with Crippen LogP contribution in [-0.2, 0) is 0 Å². The first-order valence-electron chi connectivity index (χ1n) is 5.01. The zero-order chi connectivity index (χ0) is 10.1. The van der Waals surface area contributed by atoms with Crippen LogP contribution in [0.25, 0.3) is 22.2 Å². The van der Waals surface area contributed by atoms with Gasteiger partial charge in [0, 0.05) is 0 Å². The second kappa shape index (κ2) is 6.24. The summed E-state index contributed by atoms with van der Waals surface area (Å²) in [5.41, 5.74) is 3.29. The third-order valence-electron chi connectivity index (χ3n) is 2.54. The molecule has 0 amide bonds. The van der Waals surface area contributed by atoms with Gasteiger partial charge in [0.2, 0.25) is 0 Å². The summed E-state index contributed by atoms with van der Waals surface area (Å²) in [5, 5.41) is 1.20. The van der Waals surface area contributed by atoms with Gasteiger partial charge in [0.15, 0.2) is 0 Å². The number of benzene rings is 2. The minimum Gasteiger partial charge on any atom is -1.00 e. The summed E-state index contributed by atoms with van der Waals surface area (Å²) in [7, 11) is 0. The van der Waals surface area contributed by atoms with Crippen molar-refractivity contribution < 1.29 is 17.0 Å². The SMILES string of the molecule is [Br-].[Mg+2].c1ccc(-c2cc3ccccc3[n-]2)cc1. The fourth-order valence-electron chi connectivity index (χ4n) is 1.78. The molecule has 0 fully saturated rings. The molecule has 3 aromatic rings. The Hall–Kier alpha value is -0.774. The first kappa shape index (κ1) is 14.3. The smallest absolute Gasteiger partial charge is 1.00 e. The van der Waals surface area contributed by atoms with Gasteiger partial charge in [-0.15, -0.1) is 11.2 Å². The Morgan fingerprint density at radius 2 is 1.41 bits per heavy atom. The number of rotatable bonds is 1. The van der Waals surface area contributed by atoms with Crippen LogP contribution in [0.3, 0.4) is 0 Å². The van der Waals surface area contributed by atoms with Crippen LogP contribution in [0.15, 0.2) is 60.7 Å². The van der Waals surface area contributed by atoms with E-state index in [2.05, 4.69) is 29.2 Å². The van der Waals surface area contributed by atoms with Crippen LogP contribution in [0.1, 0.15) is 0 Å². The van der Waals surface area contributed by atoms with E-state index in [1.165, 1.54) is 10.9 Å². The minimum absolute atomic E-state index is 0. The standard InChI is InChI=1S/C14H10N.BrH.Mg/c1-2-6-11(7-3-1)14-10-12-8-4-5-9-13(12)15-14;;/h1-10H;1H;/q-1;;+2/p-1. The molecular weight excluding hydrogens is 286 g/mol. The van der Waals surface area contributed by atoms with Crippen molar-refractivity contribution in [3.8, 4) is 11.3 Å². The molecule has 17 heavy (non-hydrogen) atoms. The Morgan fingerprint density at radius 1 is 0.765 bits per heavy atom. The Morgan fingerprint density at radius 3 is 2.12 bits per heavy atom. The van der Waals surface area contributed by atoms with Crippen LogP contribution in [0.4, 0.5) is 0 Å². The molecule has 0 saturated carbocycles. The van der Waals surface area contributed by atoms with Crippen molar-refractivity contribution in [3.05, 3.63) is 60.7 Å². The van der Waals surface area contributed by atoms with Gasteiger partial charge in [-0.2, -0.15) is 0 Å². The summed E-state index contributed by atoms with van der Waals surface area (Å²) < 4.78 is 0. The molecule has 0 spiro atoms. The monoisotopic (exact) mass is 295 g/mol. The van der Waals surface area contributed by atoms with Crippen LogP contribution in [0, 0.1) is 0 Å². The number of para-hydroxylation sites is 1. The molecule has 0 radical (unpaired) electrons. The van der Waals surface area contributed by atoms with E-state index in [0.29, 0.717) is 0 Å². The van der Waals surface area contributed by atoms with Gasteiger partial charge in [0.1, 0.15) is 0 Å². The van der Waals surface area contributed by atoms with Crippen molar-refractivity contribution >= 4 is 34.0 Å². The molecule has 0 aliphatic heterocycles. The van der Waals surface area contributed by atoms with Crippen molar-refractivity contribution in [1.29, 1.82) is 0 Å². The van der Waals surface area contributed by atoms with Gasteiger partial charge in [-0.3, -0.25) is 0 Å². The molecule has 80 valence electrons. The van der Waals surface area contributed by atoms with Crippen LogP contribution >= 0.6 is 0 Å². The van der Waals surface area contributed by atoms with Gasteiger partial charge in [-0.1, -0.05) is 60.7 Å². The zero-order valence-corrected chi connectivity index (χ0v) is 12.3. The molecule has 0 aliphatic carbocycles. The van der Waals surface area contributed by atoms with Gasteiger partial charge < -0.3 is 22.0 Å². The Balaban J connectivity index is 0.000000722. The van der Waals surface area contributed by atoms with E-state index in [1.807, 2.05) is 36.4 Å². The fourth-order valence-corrected chi connectivity index (χ4v) is 1.78. The van der Waals surface area contributed by atoms with Gasteiger partial charge in [-0.25, -0.2) is 0 Å². The molecule has 3 heteroatoms. The van der Waals surface area contributed by atoms with E-state index in [1.54, 1.807) is 0 Å². The third-order valence-corrected chi connectivity index (χ3v) is 2.54. The summed E-state index contributed by atoms with van der Waals surface area (Å²) in [5.74, 6) is 0. The van der Waals surface area contributed by atoms with Gasteiger partial charge in [-0.05, 0) is 10.9 Å². The molecule has 0 unspecified atom stereocenters. The fraction of sp³-hybridized carbons (Fsp3) is 0. The van der Waals surface area contributed by atoms with Crippen LogP contribution in [0.5, 0.6) is 0 Å². The van der Waals surface area contributed by atoms with Gasteiger partial charge in [0.05, 0.1) is 0 Å². The van der Waals surface area contributed by atoms with E-state index >= 15 is 0 Å². The summed E-state index contributed by atoms with van der Waals surface area (Å²) >= 11 is 0. The Bertz CT molecular complexity index is 556. The third kappa shape index (κ3) is 2.92. The molecule has 0 saturated heterocycles. The number of halogens is 1. The summed E-state index contributed by atoms with van der Waals surface area (Å²) in [6.07, 6.45) is 0. The number of hydrogen-bond donors (Lipinski definition) is 0. The topological polar surface area (TPSA) is 14.1 Å². The molecule has 1 heterocycles. The first-order chi connectivity index (χ1) is 7.43. The van der Waals surface area contributed by atoms with Gasteiger partial charge in [0.25, 0.3) is 0 Å². The zero-order valence-electron chi connectivity index (χ0n) is 9.31. The van der Waals surface area contributed by atoms with Crippen molar-refractivity contribution in [2.24, 2.45) is 0 Å². The molecule has 1 nitrogen and oxygen atoms in total. The molecular formula is C14H10BrMgN. The molecule has 1 aromatic heterocycles. The summed E-state index contributed by atoms with van der Waals surface area (Å²) in [6, 6.07) is 20.6. The number of nitrogens with zero attached hydrogens (tertiary/aromatic N) is 1. The van der Waals surface area contributed by atoms with Crippen LogP contribution in [-0.4, -0.2) is 23.1 Å². The predicted molar refractivity (Wildman–Crippen MR) is 68.5 cm³/mol. The van der Waals surface area contributed by atoms with Crippen molar-refractivity contribution in [3.63, 3.8) is 0 Å². The Labute approximate surface area is 127 Å². The molecule has 3 rings (SSSR count). The summed E-state index contributed by atoms with van der Waals surface area (Å²) in [4.78, 5) is 4.58. The van der Waals surface area contributed by atoms with E-state index < -0.39 is 0 Å². The average molecular weight is 296 g/mol. The van der Waals surface area contributed by atoms with E-state index in [-0.39, 0.29) is 40.0 Å².